The van der Waals surface area contributed by atoms with Crippen molar-refractivity contribution in [2.75, 3.05) is 6.54 Å². The van der Waals surface area contributed by atoms with Gasteiger partial charge in [0.15, 0.2) is 0 Å². The number of hydrogen-bond acceptors (Lipinski definition) is 3. The molecule has 1 unspecified atom stereocenters. The minimum Gasteiger partial charge on any atom is -0.507 e. The van der Waals surface area contributed by atoms with Crippen LogP contribution in [0.2, 0.25) is 0 Å². The lowest BCUT2D eigenvalue weighted by Crippen LogP contribution is -2.30. The summed E-state index contributed by atoms with van der Waals surface area (Å²) in [6.45, 7) is 6.58. The van der Waals surface area contributed by atoms with Crippen molar-refractivity contribution in [3.05, 3.63) is 68.8 Å². The Hall–Kier alpha value is -2.60. The normalized spacial score (nSPS) is 15.9. The van der Waals surface area contributed by atoms with Gasteiger partial charge in [-0.2, -0.15) is 5.10 Å². The van der Waals surface area contributed by atoms with Crippen LogP contribution < -0.4 is 0 Å². The molecule has 0 aliphatic carbocycles. The van der Waals surface area contributed by atoms with E-state index < -0.39 is 0 Å². The molecule has 1 aromatic heterocycles. The Kier molecular flexibility index (Phi) is 4.75. The Bertz CT molecular complexity index is 1060. The van der Waals surface area contributed by atoms with Crippen LogP contribution in [0.5, 0.6) is 5.75 Å². The first-order valence-corrected chi connectivity index (χ1v) is 10.2. The van der Waals surface area contributed by atoms with Gasteiger partial charge >= 0.3 is 0 Å². The summed E-state index contributed by atoms with van der Waals surface area (Å²) in [7, 11) is 0. The molecule has 2 N–H and O–H groups in total. The third kappa shape index (κ3) is 2.92. The average molecular weight is 440 g/mol. The zero-order valence-electron chi connectivity index (χ0n) is 16.1. The van der Waals surface area contributed by atoms with Crippen LogP contribution in [0.15, 0.2) is 40.9 Å². The van der Waals surface area contributed by atoms with E-state index in [1.165, 1.54) is 0 Å². The minimum atomic E-state index is -0.232. The van der Waals surface area contributed by atoms with Crippen LogP contribution in [0.4, 0.5) is 0 Å². The molecule has 1 atom stereocenters. The number of nitrogens with one attached hydrogen (secondary N) is 1. The highest BCUT2D eigenvalue weighted by molar-refractivity contribution is 9.10. The van der Waals surface area contributed by atoms with Crippen LogP contribution in [0, 0.1) is 13.8 Å². The summed E-state index contributed by atoms with van der Waals surface area (Å²) >= 11 is 3.48. The van der Waals surface area contributed by atoms with E-state index in [1.54, 1.807) is 0 Å². The van der Waals surface area contributed by atoms with Crippen LogP contribution >= 0.6 is 15.9 Å². The largest absolute Gasteiger partial charge is 0.507 e. The van der Waals surface area contributed by atoms with Crippen molar-refractivity contribution in [2.24, 2.45) is 0 Å². The fourth-order valence-corrected chi connectivity index (χ4v) is 4.27. The van der Waals surface area contributed by atoms with E-state index in [4.69, 9.17) is 0 Å². The number of nitrogens with zero attached hydrogens (tertiary/aromatic N) is 2. The van der Waals surface area contributed by atoms with Crippen LogP contribution in [-0.2, 0) is 0 Å². The number of aryl methyl sites for hydroxylation is 2. The molecule has 1 aliphatic rings. The summed E-state index contributed by atoms with van der Waals surface area (Å²) in [5.74, 6) is 0.156. The first-order chi connectivity index (χ1) is 13.4. The first-order valence-electron chi connectivity index (χ1n) is 9.37. The number of phenolic OH excluding ortho intramolecular Hbond substituents is 1. The van der Waals surface area contributed by atoms with Crippen molar-refractivity contribution in [2.45, 2.75) is 33.2 Å². The minimum absolute atomic E-state index is 0.0487. The van der Waals surface area contributed by atoms with Gasteiger partial charge in [0, 0.05) is 22.1 Å². The molecule has 4 rings (SSSR count). The van der Waals surface area contributed by atoms with Crippen molar-refractivity contribution in [3.63, 3.8) is 0 Å². The van der Waals surface area contributed by atoms with Crippen LogP contribution in [0.3, 0.4) is 0 Å². The third-order valence-electron chi connectivity index (χ3n) is 5.21. The highest BCUT2D eigenvalue weighted by atomic mass is 79.9. The molecule has 0 bridgehead atoms. The molecule has 0 radical (unpaired) electrons. The number of carbonyl (C=O) groups is 1. The predicted molar refractivity (Wildman–Crippen MR) is 112 cm³/mol. The average Bonchev–Trinajstić information content (AvgIpc) is 3.19. The summed E-state index contributed by atoms with van der Waals surface area (Å²) in [6.07, 6.45) is 0.862. The summed E-state index contributed by atoms with van der Waals surface area (Å²) < 4.78 is 0.988. The SMILES string of the molecule is CCCN1C(=O)c2[nH]nc(-c3cc(C)cc(C)c3O)c2C1c1ccc(Br)cc1. The smallest absolute Gasteiger partial charge is 0.273 e. The number of benzene rings is 2. The number of aromatic nitrogens is 2. The number of H-pyrrole nitrogens is 1. The molecule has 0 saturated heterocycles. The zero-order valence-corrected chi connectivity index (χ0v) is 17.7. The van der Waals surface area contributed by atoms with Gasteiger partial charge in [-0.3, -0.25) is 9.89 Å². The topological polar surface area (TPSA) is 69.2 Å². The van der Waals surface area contributed by atoms with Crippen LogP contribution in [0.25, 0.3) is 11.3 Å². The molecule has 3 aromatic rings. The highest BCUT2D eigenvalue weighted by Crippen LogP contribution is 2.45. The molecule has 2 heterocycles. The molecule has 5 nitrogen and oxygen atoms in total. The number of hydrogen-bond donors (Lipinski definition) is 2. The lowest BCUT2D eigenvalue weighted by molar-refractivity contribution is 0.0744. The Morgan fingerprint density at radius 3 is 2.61 bits per heavy atom. The molecule has 1 amide bonds. The number of rotatable bonds is 4. The maximum Gasteiger partial charge on any atom is 0.273 e. The predicted octanol–water partition coefficient (Wildman–Crippen LogP) is 5.12. The number of halogens is 1. The first kappa shape index (κ1) is 18.7. The van der Waals surface area contributed by atoms with E-state index >= 15 is 0 Å². The molecular formula is C22H22BrN3O2. The van der Waals surface area contributed by atoms with Gasteiger partial charge in [-0.1, -0.05) is 41.1 Å². The fraction of sp³-hybridized carbons (Fsp3) is 0.273. The van der Waals surface area contributed by atoms with E-state index in [0.717, 1.165) is 33.1 Å². The third-order valence-corrected chi connectivity index (χ3v) is 5.74. The van der Waals surface area contributed by atoms with Crippen molar-refractivity contribution < 1.29 is 9.90 Å². The van der Waals surface area contributed by atoms with Crippen molar-refractivity contribution in [3.8, 4) is 17.0 Å². The lowest BCUT2D eigenvalue weighted by atomic mass is 9.94. The fourth-order valence-electron chi connectivity index (χ4n) is 4.01. The number of phenols is 1. The number of aromatic hydroxyl groups is 1. The summed E-state index contributed by atoms with van der Waals surface area (Å²) in [6, 6.07) is 11.6. The van der Waals surface area contributed by atoms with Crippen LogP contribution in [0.1, 0.15) is 52.1 Å². The number of aromatic amines is 1. The van der Waals surface area contributed by atoms with Crippen molar-refractivity contribution in [1.82, 2.24) is 15.1 Å². The summed E-state index contributed by atoms with van der Waals surface area (Å²) in [5.41, 5.74) is 5.49. The lowest BCUT2D eigenvalue weighted by Gasteiger charge is -2.26. The van der Waals surface area contributed by atoms with E-state index in [9.17, 15) is 9.90 Å². The zero-order chi connectivity index (χ0) is 20.0. The van der Waals surface area contributed by atoms with Gasteiger partial charge in [0.1, 0.15) is 17.1 Å². The van der Waals surface area contributed by atoms with Crippen molar-refractivity contribution in [1.29, 1.82) is 0 Å². The number of carbonyl (C=O) groups excluding carboxylic acids is 1. The Morgan fingerprint density at radius 1 is 1.21 bits per heavy atom. The summed E-state index contributed by atoms with van der Waals surface area (Å²) in [4.78, 5) is 15.0. The molecule has 1 aliphatic heterocycles. The molecule has 28 heavy (non-hydrogen) atoms. The van der Waals surface area contributed by atoms with E-state index in [2.05, 4.69) is 33.1 Å². The molecule has 0 fully saturated rings. The maximum atomic E-state index is 13.1. The van der Waals surface area contributed by atoms with Gasteiger partial charge in [0.25, 0.3) is 5.91 Å². The van der Waals surface area contributed by atoms with Gasteiger partial charge in [-0.05, 0) is 55.2 Å². The molecule has 144 valence electrons. The molecule has 0 spiro atoms. The number of fused-ring (bicyclic) bond motifs is 1. The van der Waals surface area contributed by atoms with Gasteiger partial charge in [0.05, 0.1) is 6.04 Å². The van der Waals surface area contributed by atoms with Crippen LogP contribution in [-0.4, -0.2) is 32.7 Å². The van der Waals surface area contributed by atoms with E-state index in [0.29, 0.717) is 23.5 Å². The second kappa shape index (κ2) is 7.09. The molecule has 0 saturated carbocycles. The van der Waals surface area contributed by atoms with Crippen molar-refractivity contribution >= 4 is 21.8 Å². The van der Waals surface area contributed by atoms with E-state index in [1.807, 2.05) is 55.1 Å². The van der Waals surface area contributed by atoms with Gasteiger partial charge in [-0.15, -0.1) is 0 Å². The van der Waals surface area contributed by atoms with Gasteiger partial charge in [-0.25, -0.2) is 0 Å². The summed E-state index contributed by atoms with van der Waals surface area (Å²) in [5, 5.41) is 18.1. The Balaban J connectivity index is 1.94. The number of amides is 1. The Labute approximate surface area is 172 Å². The Morgan fingerprint density at radius 2 is 1.93 bits per heavy atom. The molecule has 2 aromatic carbocycles. The van der Waals surface area contributed by atoms with Gasteiger partial charge in [0.2, 0.25) is 0 Å². The second-order valence-corrected chi connectivity index (χ2v) is 8.21. The van der Waals surface area contributed by atoms with Gasteiger partial charge < -0.3 is 10.0 Å². The highest BCUT2D eigenvalue weighted by Gasteiger charge is 2.42. The maximum absolute atomic E-state index is 13.1. The standard InChI is InChI=1S/C22H22BrN3O2/c1-4-9-26-20(14-5-7-15(23)8-6-14)17-18(24-25-19(17)22(26)28)16-11-12(2)10-13(3)21(16)27/h5-8,10-11,20,27H,4,9H2,1-3H3,(H,24,25). The second-order valence-electron chi connectivity index (χ2n) is 7.29. The van der Waals surface area contributed by atoms with E-state index in [-0.39, 0.29) is 17.7 Å². The monoisotopic (exact) mass is 439 g/mol. The molecular weight excluding hydrogens is 418 g/mol. The molecule has 6 heteroatoms. The quantitative estimate of drug-likeness (QED) is 0.592.